The van der Waals surface area contributed by atoms with Crippen molar-refractivity contribution in [2.75, 3.05) is 13.7 Å². The molecule has 0 aliphatic carbocycles. The molecule has 0 N–H and O–H groups in total. The van der Waals surface area contributed by atoms with Gasteiger partial charge in [0.2, 0.25) is 0 Å². The third-order valence-corrected chi connectivity index (χ3v) is 4.77. The van der Waals surface area contributed by atoms with E-state index in [0.29, 0.717) is 17.2 Å². The summed E-state index contributed by atoms with van der Waals surface area (Å²) in [5.41, 5.74) is 2.85. The Morgan fingerprint density at radius 2 is 1.85 bits per heavy atom. The Kier molecular flexibility index (Phi) is 6.55. The van der Waals surface area contributed by atoms with Crippen LogP contribution in [-0.2, 0) is 4.79 Å². The Hall–Kier alpha value is -2.89. The van der Waals surface area contributed by atoms with Crippen molar-refractivity contribution in [1.82, 2.24) is 4.90 Å². The highest BCUT2D eigenvalue weighted by Gasteiger charge is 2.20. The lowest BCUT2D eigenvalue weighted by Gasteiger charge is -2.25. The molecule has 0 bridgehead atoms. The van der Waals surface area contributed by atoms with Crippen molar-refractivity contribution in [2.24, 2.45) is 0 Å². The number of aryl methyl sites for hydroxylation is 1. The Bertz CT molecular complexity index is 833. The number of benzene rings is 2. The number of hydrogen-bond acceptors (Lipinski definition) is 4. The number of carbonyl (C=O) groups is 1. The number of hydrogen-bond donors (Lipinski definition) is 0. The molecule has 0 aliphatic rings. The van der Waals surface area contributed by atoms with Gasteiger partial charge in [0.15, 0.2) is 6.61 Å². The summed E-state index contributed by atoms with van der Waals surface area (Å²) in [5.74, 6) is 0.884. The maximum Gasteiger partial charge on any atom is 0.269 e. The highest BCUT2D eigenvalue weighted by molar-refractivity contribution is 5.78. The van der Waals surface area contributed by atoms with Crippen LogP contribution in [0.4, 0.5) is 5.69 Å². The van der Waals surface area contributed by atoms with Crippen LogP contribution in [0.3, 0.4) is 0 Å². The molecule has 27 heavy (non-hydrogen) atoms. The average molecular weight is 370 g/mol. The number of carbonyl (C=O) groups excluding carboxylic acids is 1. The van der Waals surface area contributed by atoms with Gasteiger partial charge in [0.05, 0.1) is 11.0 Å². The van der Waals surface area contributed by atoms with Crippen molar-refractivity contribution >= 4 is 11.6 Å². The Morgan fingerprint density at radius 1 is 1.15 bits per heavy atom. The van der Waals surface area contributed by atoms with Crippen LogP contribution >= 0.6 is 0 Å². The molecule has 0 heterocycles. The predicted octanol–water partition coefficient (Wildman–Crippen LogP) is 4.63. The summed E-state index contributed by atoms with van der Waals surface area (Å²) in [5, 5.41) is 11.0. The van der Waals surface area contributed by atoms with Crippen LogP contribution in [0.5, 0.6) is 5.75 Å². The van der Waals surface area contributed by atoms with Gasteiger partial charge in [-0.25, -0.2) is 0 Å². The molecule has 0 spiro atoms. The lowest BCUT2D eigenvalue weighted by atomic mass is 10.0. The van der Waals surface area contributed by atoms with Crippen molar-refractivity contribution in [3.05, 3.63) is 69.3 Å². The molecule has 0 fully saturated rings. The van der Waals surface area contributed by atoms with E-state index in [1.165, 1.54) is 12.1 Å². The summed E-state index contributed by atoms with van der Waals surface area (Å²) in [6, 6.07) is 12.0. The van der Waals surface area contributed by atoms with Crippen molar-refractivity contribution in [2.45, 2.75) is 39.7 Å². The number of nitro groups is 1. The fourth-order valence-corrected chi connectivity index (χ4v) is 2.71. The minimum atomic E-state index is -0.439. The molecule has 1 amide bonds. The summed E-state index contributed by atoms with van der Waals surface area (Å²) < 4.78 is 5.76. The van der Waals surface area contributed by atoms with Gasteiger partial charge in [-0.15, -0.1) is 0 Å². The zero-order valence-electron chi connectivity index (χ0n) is 16.4. The molecule has 6 heteroatoms. The first-order chi connectivity index (χ1) is 12.7. The zero-order valence-corrected chi connectivity index (χ0v) is 16.4. The summed E-state index contributed by atoms with van der Waals surface area (Å²) in [4.78, 5) is 24.6. The van der Waals surface area contributed by atoms with Crippen LogP contribution in [0, 0.1) is 17.0 Å². The maximum atomic E-state index is 12.5. The van der Waals surface area contributed by atoms with E-state index in [1.54, 1.807) is 24.1 Å². The van der Waals surface area contributed by atoms with Crippen LogP contribution in [0.25, 0.3) is 0 Å². The minimum Gasteiger partial charge on any atom is -0.483 e. The lowest BCUT2D eigenvalue weighted by Crippen LogP contribution is -2.33. The highest BCUT2D eigenvalue weighted by Crippen LogP contribution is 2.25. The number of nitro benzene ring substituents is 1. The molecular weight excluding hydrogens is 344 g/mol. The van der Waals surface area contributed by atoms with E-state index in [2.05, 4.69) is 19.9 Å². The number of amides is 1. The van der Waals surface area contributed by atoms with Crippen LogP contribution in [-0.4, -0.2) is 29.4 Å². The topological polar surface area (TPSA) is 72.7 Å². The number of likely N-dealkylation sites (N-methyl/N-ethyl adjacent to an activating group) is 1. The van der Waals surface area contributed by atoms with Gasteiger partial charge in [-0.1, -0.05) is 38.1 Å². The number of non-ortho nitro benzene ring substituents is 1. The van der Waals surface area contributed by atoms with Crippen LogP contribution in [0.1, 0.15) is 49.4 Å². The number of ether oxygens (including phenoxy) is 1. The van der Waals surface area contributed by atoms with Crippen molar-refractivity contribution in [3.63, 3.8) is 0 Å². The molecular formula is C21H26N2O4. The van der Waals surface area contributed by atoms with Gasteiger partial charge >= 0.3 is 0 Å². The molecule has 2 rings (SSSR count). The molecule has 2 aromatic carbocycles. The summed E-state index contributed by atoms with van der Waals surface area (Å²) in [6.45, 7) is 7.90. The molecule has 0 saturated carbocycles. The van der Waals surface area contributed by atoms with Gasteiger partial charge in [0.25, 0.3) is 11.6 Å². The second-order valence-corrected chi connectivity index (χ2v) is 7.00. The molecule has 0 unspecified atom stereocenters. The predicted molar refractivity (Wildman–Crippen MR) is 105 cm³/mol. The molecule has 0 radical (unpaired) electrons. The lowest BCUT2D eigenvalue weighted by molar-refractivity contribution is -0.384. The number of nitrogens with zero attached hydrogens (tertiary/aromatic N) is 2. The third kappa shape index (κ3) is 5.06. The molecule has 0 aromatic heterocycles. The second-order valence-electron chi connectivity index (χ2n) is 7.00. The van der Waals surface area contributed by atoms with Crippen LogP contribution < -0.4 is 4.74 Å². The van der Waals surface area contributed by atoms with E-state index in [1.807, 2.05) is 26.0 Å². The van der Waals surface area contributed by atoms with Crippen LogP contribution in [0.15, 0.2) is 42.5 Å². The minimum absolute atomic E-state index is 0.0116. The van der Waals surface area contributed by atoms with Gasteiger partial charge in [-0.2, -0.15) is 0 Å². The van der Waals surface area contributed by atoms with E-state index >= 15 is 0 Å². The average Bonchev–Trinajstić information content (AvgIpc) is 2.65. The van der Waals surface area contributed by atoms with Gasteiger partial charge in [0, 0.05) is 19.2 Å². The van der Waals surface area contributed by atoms with Crippen molar-refractivity contribution < 1.29 is 14.5 Å². The van der Waals surface area contributed by atoms with Crippen molar-refractivity contribution in [1.29, 1.82) is 0 Å². The maximum absolute atomic E-state index is 12.5. The first-order valence-corrected chi connectivity index (χ1v) is 8.94. The highest BCUT2D eigenvalue weighted by atomic mass is 16.6. The van der Waals surface area contributed by atoms with E-state index in [9.17, 15) is 14.9 Å². The summed E-state index contributed by atoms with van der Waals surface area (Å²) in [6.07, 6.45) is 0. The zero-order chi connectivity index (χ0) is 20.1. The van der Waals surface area contributed by atoms with Gasteiger partial charge < -0.3 is 9.64 Å². The smallest absolute Gasteiger partial charge is 0.269 e. The quantitative estimate of drug-likeness (QED) is 0.526. The largest absolute Gasteiger partial charge is 0.483 e. The van der Waals surface area contributed by atoms with E-state index < -0.39 is 4.92 Å². The van der Waals surface area contributed by atoms with E-state index in [-0.39, 0.29) is 24.2 Å². The van der Waals surface area contributed by atoms with E-state index in [4.69, 9.17) is 4.74 Å². The molecule has 2 aromatic rings. The Labute approximate surface area is 159 Å². The molecule has 1 atom stereocenters. The first-order valence-electron chi connectivity index (χ1n) is 8.94. The third-order valence-electron chi connectivity index (χ3n) is 4.77. The molecule has 0 aliphatic heterocycles. The Balaban J connectivity index is 2.06. The Morgan fingerprint density at radius 3 is 2.48 bits per heavy atom. The first kappa shape index (κ1) is 20.4. The fourth-order valence-electron chi connectivity index (χ4n) is 2.71. The number of rotatable bonds is 7. The SMILES string of the molecule is Cc1ccc(C(C)C)cc1OCC(=O)N(C)[C@@H](C)c1cccc([N+](=O)[O-])c1. The molecule has 0 saturated heterocycles. The van der Waals surface area contributed by atoms with Gasteiger partial charge in [0.1, 0.15) is 5.75 Å². The standard InChI is InChI=1S/C21H26N2O4/c1-14(2)17-10-9-15(3)20(12-17)27-13-21(24)22(5)16(4)18-7-6-8-19(11-18)23(25)26/h6-12,14,16H,13H2,1-5H3/t16-/m0/s1. The summed E-state index contributed by atoms with van der Waals surface area (Å²) in [7, 11) is 1.67. The van der Waals surface area contributed by atoms with Gasteiger partial charge in [-0.05, 0) is 42.5 Å². The second kappa shape index (κ2) is 8.66. The van der Waals surface area contributed by atoms with Crippen molar-refractivity contribution in [3.8, 4) is 5.75 Å². The monoisotopic (exact) mass is 370 g/mol. The normalized spacial score (nSPS) is 11.9. The van der Waals surface area contributed by atoms with Gasteiger partial charge in [-0.3, -0.25) is 14.9 Å². The molecule has 144 valence electrons. The fraction of sp³-hybridized carbons (Fsp3) is 0.381. The molecule has 6 nitrogen and oxygen atoms in total. The van der Waals surface area contributed by atoms with E-state index in [0.717, 1.165) is 11.1 Å². The summed E-state index contributed by atoms with van der Waals surface area (Å²) >= 11 is 0. The van der Waals surface area contributed by atoms with Crippen LogP contribution in [0.2, 0.25) is 0 Å².